The van der Waals surface area contributed by atoms with Crippen molar-refractivity contribution in [3.63, 3.8) is 0 Å². The zero-order valence-corrected chi connectivity index (χ0v) is 8.71. The van der Waals surface area contributed by atoms with Crippen LogP contribution in [-0.4, -0.2) is 0 Å². The monoisotopic (exact) mass is 177 g/mol. The van der Waals surface area contributed by atoms with Gasteiger partial charge in [-0.25, -0.2) is 0 Å². The van der Waals surface area contributed by atoms with Crippen LogP contribution in [0.4, 0.5) is 0 Å². The van der Waals surface area contributed by atoms with E-state index in [2.05, 4.69) is 31.2 Å². The second-order valence-electron chi connectivity index (χ2n) is 3.13. The van der Waals surface area contributed by atoms with Gasteiger partial charge in [0.15, 0.2) is 0 Å². The van der Waals surface area contributed by atoms with Gasteiger partial charge >= 0.3 is 0 Å². The predicted octanol–water partition coefficient (Wildman–Crippen LogP) is 4.45. The maximum absolute atomic E-state index is 5.24. The Balaban J connectivity index is 3.11. The lowest BCUT2D eigenvalue weighted by Gasteiger charge is -1.90. The standard InChI is InChI=1S/C13H21/c1-3-5-7-9-11-13-12-10-8-6-4-2/h1,3,7-10H,4-6,11-13H2,2H3. The van der Waals surface area contributed by atoms with Crippen LogP contribution in [0.5, 0.6) is 0 Å². The first-order chi connectivity index (χ1) is 6.41. The van der Waals surface area contributed by atoms with Crippen LogP contribution >= 0.6 is 0 Å². The Bertz CT molecular complexity index is 151. The second kappa shape index (κ2) is 11.2. The molecule has 0 saturated carbocycles. The predicted molar refractivity (Wildman–Crippen MR) is 60.5 cm³/mol. The van der Waals surface area contributed by atoms with E-state index in [1.54, 1.807) is 6.08 Å². The number of unbranched alkanes of at least 4 members (excludes halogenated alkanes) is 3. The van der Waals surface area contributed by atoms with Crippen molar-refractivity contribution in [3.05, 3.63) is 37.0 Å². The van der Waals surface area contributed by atoms with E-state index in [0.717, 1.165) is 6.42 Å². The second-order valence-corrected chi connectivity index (χ2v) is 3.13. The maximum atomic E-state index is 5.24. The Morgan fingerprint density at radius 1 is 0.923 bits per heavy atom. The molecule has 0 amide bonds. The van der Waals surface area contributed by atoms with Crippen LogP contribution in [0.3, 0.4) is 0 Å². The van der Waals surface area contributed by atoms with Gasteiger partial charge in [0.2, 0.25) is 0 Å². The van der Waals surface area contributed by atoms with Crippen molar-refractivity contribution in [1.82, 2.24) is 0 Å². The molecule has 0 aliphatic rings. The summed E-state index contributed by atoms with van der Waals surface area (Å²) < 4.78 is 0. The number of rotatable bonds is 8. The first-order valence-corrected chi connectivity index (χ1v) is 5.25. The lowest BCUT2D eigenvalue weighted by Crippen LogP contribution is -1.69. The van der Waals surface area contributed by atoms with Crippen LogP contribution in [0.25, 0.3) is 0 Å². The van der Waals surface area contributed by atoms with Crippen LogP contribution < -0.4 is 0 Å². The molecule has 0 bridgehead atoms. The summed E-state index contributed by atoms with van der Waals surface area (Å²) in [4.78, 5) is 0. The zero-order chi connectivity index (χ0) is 9.78. The minimum atomic E-state index is 0.895. The zero-order valence-electron chi connectivity index (χ0n) is 8.71. The average molecular weight is 177 g/mol. The quantitative estimate of drug-likeness (QED) is 0.379. The lowest BCUT2D eigenvalue weighted by atomic mass is 10.2. The molecule has 0 spiro atoms. The van der Waals surface area contributed by atoms with Gasteiger partial charge in [0.25, 0.3) is 0 Å². The van der Waals surface area contributed by atoms with E-state index in [1.807, 2.05) is 0 Å². The van der Waals surface area contributed by atoms with E-state index in [0.29, 0.717) is 0 Å². The molecule has 0 aromatic rings. The van der Waals surface area contributed by atoms with Crippen LogP contribution in [-0.2, 0) is 0 Å². The Morgan fingerprint density at radius 2 is 1.54 bits per heavy atom. The van der Waals surface area contributed by atoms with Gasteiger partial charge in [0.05, 0.1) is 0 Å². The molecule has 0 heteroatoms. The fourth-order valence-electron chi connectivity index (χ4n) is 1.05. The molecule has 0 heterocycles. The minimum Gasteiger partial charge on any atom is -0.0885 e. The molecule has 0 aliphatic heterocycles. The first-order valence-electron chi connectivity index (χ1n) is 5.25. The van der Waals surface area contributed by atoms with Gasteiger partial charge in [-0.1, -0.05) is 50.3 Å². The highest BCUT2D eigenvalue weighted by molar-refractivity contribution is 4.88. The Morgan fingerprint density at radius 3 is 2.15 bits per heavy atom. The summed E-state index contributed by atoms with van der Waals surface area (Å²) >= 11 is 0. The molecule has 0 rings (SSSR count). The molecule has 0 aromatic carbocycles. The van der Waals surface area contributed by atoms with Crippen molar-refractivity contribution in [3.8, 4) is 0 Å². The molecular formula is C13H21. The van der Waals surface area contributed by atoms with E-state index >= 15 is 0 Å². The fraction of sp³-hybridized carbons (Fsp3) is 0.538. The number of hydrogen-bond donors (Lipinski definition) is 0. The van der Waals surface area contributed by atoms with Crippen molar-refractivity contribution in [2.75, 3.05) is 0 Å². The Labute approximate surface area is 83.0 Å². The normalized spacial score (nSPS) is 11.5. The third kappa shape index (κ3) is 11.2. The largest absolute Gasteiger partial charge is 0.0885 e. The molecule has 0 saturated heterocycles. The molecule has 0 N–H and O–H groups in total. The van der Waals surface area contributed by atoms with E-state index in [1.165, 1.54) is 32.1 Å². The van der Waals surface area contributed by atoms with E-state index in [-0.39, 0.29) is 0 Å². The highest BCUT2D eigenvalue weighted by atomic mass is 13.9. The summed E-state index contributed by atoms with van der Waals surface area (Å²) in [6.45, 7) is 7.44. The molecule has 13 heavy (non-hydrogen) atoms. The van der Waals surface area contributed by atoms with Gasteiger partial charge in [-0.3, -0.25) is 0 Å². The van der Waals surface area contributed by atoms with Crippen LogP contribution in [0.1, 0.15) is 45.4 Å². The molecule has 0 unspecified atom stereocenters. The topological polar surface area (TPSA) is 0 Å². The molecular weight excluding hydrogens is 156 g/mol. The summed E-state index contributed by atoms with van der Waals surface area (Å²) in [5.74, 6) is 0. The number of allylic oxidation sites excluding steroid dienone is 5. The van der Waals surface area contributed by atoms with Gasteiger partial charge in [-0.05, 0) is 32.1 Å². The Hall–Kier alpha value is -0.780. The van der Waals surface area contributed by atoms with Gasteiger partial charge in [-0.15, -0.1) is 0 Å². The van der Waals surface area contributed by atoms with Gasteiger partial charge in [0.1, 0.15) is 0 Å². The SMILES string of the molecule is [CH]=CCC=CCCCC=CCCC. The van der Waals surface area contributed by atoms with Crippen LogP contribution in [0, 0.1) is 6.58 Å². The number of hydrogen-bond acceptors (Lipinski definition) is 0. The summed E-state index contributed by atoms with van der Waals surface area (Å²) in [5, 5.41) is 0. The summed E-state index contributed by atoms with van der Waals surface area (Å²) in [5.41, 5.74) is 0. The minimum absolute atomic E-state index is 0.895. The molecule has 0 aromatic heterocycles. The average Bonchev–Trinajstić information content (AvgIpc) is 2.16. The molecule has 1 radical (unpaired) electrons. The van der Waals surface area contributed by atoms with Gasteiger partial charge in [-0.2, -0.15) is 0 Å². The molecule has 0 fully saturated rings. The van der Waals surface area contributed by atoms with E-state index in [4.69, 9.17) is 6.58 Å². The van der Waals surface area contributed by atoms with Crippen LogP contribution in [0.2, 0.25) is 0 Å². The third-order valence-electron chi connectivity index (χ3n) is 1.80. The van der Waals surface area contributed by atoms with E-state index in [9.17, 15) is 0 Å². The Kier molecular flexibility index (Phi) is 10.5. The third-order valence-corrected chi connectivity index (χ3v) is 1.80. The highest BCUT2D eigenvalue weighted by Gasteiger charge is 1.80. The molecule has 0 atom stereocenters. The van der Waals surface area contributed by atoms with Gasteiger partial charge in [0, 0.05) is 0 Å². The fourth-order valence-corrected chi connectivity index (χ4v) is 1.05. The van der Waals surface area contributed by atoms with Crippen molar-refractivity contribution >= 4 is 0 Å². The van der Waals surface area contributed by atoms with Crippen molar-refractivity contribution in [1.29, 1.82) is 0 Å². The smallest absolute Gasteiger partial charge is 0.0166 e. The molecule has 0 nitrogen and oxygen atoms in total. The molecule has 0 aliphatic carbocycles. The van der Waals surface area contributed by atoms with E-state index < -0.39 is 0 Å². The summed E-state index contributed by atoms with van der Waals surface area (Å²) in [7, 11) is 0. The first kappa shape index (κ1) is 12.2. The lowest BCUT2D eigenvalue weighted by molar-refractivity contribution is 0.857. The van der Waals surface area contributed by atoms with Gasteiger partial charge < -0.3 is 0 Å². The molecule has 73 valence electrons. The van der Waals surface area contributed by atoms with Crippen molar-refractivity contribution in [2.24, 2.45) is 0 Å². The van der Waals surface area contributed by atoms with Crippen molar-refractivity contribution in [2.45, 2.75) is 45.4 Å². The van der Waals surface area contributed by atoms with Crippen molar-refractivity contribution < 1.29 is 0 Å². The highest BCUT2D eigenvalue weighted by Crippen LogP contribution is 2.00. The summed E-state index contributed by atoms with van der Waals surface area (Å²) in [6.07, 6.45) is 17.6. The maximum Gasteiger partial charge on any atom is -0.0166 e. The van der Waals surface area contributed by atoms with Crippen LogP contribution in [0.15, 0.2) is 30.4 Å². The summed E-state index contributed by atoms with van der Waals surface area (Å²) in [6, 6.07) is 0.